The number of hydrogen-bond acceptors (Lipinski definition) is 7. The average Bonchev–Trinajstić information content (AvgIpc) is 3.70. The molecule has 0 saturated carbocycles. The van der Waals surface area contributed by atoms with E-state index in [1.807, 2.05) is 108 Å². The lowest BCUT2D eigenvalue weighted by Crippen LogP contribution is -2.07. The number of benzene rings is 2. The average molecular weight is 649 g/mol. The maximum absolute atomic E-state index is 12.2. The minimum absolute atomic E-state index is 0.157. The van der Waals surface area contributed by atoms with Crippen molar-refractivity contribution in [2.75, 3.05) is 7.11 Å². The number of fused-ring (bicyclic) bond motifs is 2. The molecule has 8 rings (SSSR count). The summed E-state index contributed by atoms with van der Waals surface area (Å²) in [6.45, 7) is 3.95. The van der Waals surface area contributed by atoms with E-state index in [0.29, 0.717) is 39.9 Å². The second-order valence-electron chi connectivity index (χ2n) is 11.5. The number of nitrogens with one attached hydrogen (secondary N) is 1. The number of phenols is 2. The Morgan fingerprint density at radius 2 is 1.20 bits per heavy atom. The lowest BCUT2D eigenvalue weighted by atomic mass is 10.1. The Morgan fingerprint density at radius 3 is 1.76 bits per heavy atom. The largest absolute Gasteiger partial charge is 0.507 e. The summed E-state index contributed by atoms with van der Waals surface area (Å²) in [5, 5.41) is 20.6. The van der Waals surface area contributed by atoms with Crippen LogP contribution in [-0.2, 0) is 0 Å². The number of aromatic nitrogens is 6. The Labute approximate surface area is 281 Å². The number of pyridine rings is 4. The van der Waals surface area contributed by atoms with Crippen molar-refractivity contribution in [1.29, 1.82) is 0 Å². The third kappa shape index (κ3) is 5.76. The van der Waals surface area contributed by atoms with Crippen molar-refractivity contribution in [3.63, 3.8) is 0 Å². The SMILES string of the molecule is COc1ncccc1-c1nc(-c2cc(C)ccc2O)n2ccccc12.Cc1ccc(O)c(-c2nc(-c3ccc[nH]c3=O)c3ccccn23)c1. The van der Waals surface area contributed by atoms with Gasteiger partial charge in [-0.1, -0.05) is 35.4 Å². The maximum atomic E-state index is 12.2. The highest BCUT2D eigenvalue weighted by Crippen LogP contribution is 2.37. The lowest BCUT2D eigenvalue weighted by Gasteiger charge is -2.05. The van der Waals surface area contributed by atoms with Gasteiger partial charge >= 0.3 is 0 Å². The second kappa shape index (κ2) is 12.8. The number of hydrogen-bond donors (Lipinski definition) is 3. The van der Waals surface area contributed by atoms with Crippen molar-refractivity contribution in [3.05, 3.63) is 143 Å². The Hall–Kier alpha value is -6.68. The first-order chi connectivity index (χ1) is 23.8. The number of imidazole rings is 2. The van der Waals surface area contributed by atoms with Gasteiger partial charge in [-0.05, 0) is 86.6 Å². The summed E-state index contributed by atoms with van der Waals surface area (Å²) in [4.78, 5) is 28.6. The van der Waals surface area contributed by atoms with Crippen LogP contribution in [0.3, 0.4) is 0 Å². The van der Waals surface area contributed by atoms with E-state index in [1.54, 1.807) is 43.8 Å². The zero-order chi connectivity index (χ0) is 34.1. The number of H-pyrrole nitrogens is 1. The molecule has 0 spiro atoms. The number of nitrogens with zero attached hydrogens (tertiary/aromatic N) is 5. The number of methoxy groups -OCH3 is 1. The summed E-state index contributed by atoms with van der Waals surface area (Å²) >= 11 is 0. The van der Waals surface area contributed by atoms with E-state index >= 15 is 0 Å². The molecule has 0 saturated heterocycles. The van der Waals surface area contributed by atoms with Gasteiger partial charge in [-0.2, -0.15) is 0 Å². The van der Waals surface area contributed by atoms with Gasteiger partial charge in [0.05, 0.1) is 40.4 Å². The van der Waals surface area contributed by atoms with Gasteiger partial charge in [0, 0.05) is 24.8 Å². The van der Waals surface area contributed by atoms with Crippen molar-refractivity contribution in [2.45, 2.75) is 13.8 Å². The van der Waals surface area contributed by atoms with E-state index in [1.165, 1.54) is 0 Å². The Bertz CT molecular complexity index is 2530. The van der Waals surface area contributed by atoms with Crippen molar-refractivity contribution in [2.24, 2.45) is 0 Å². The van der Waals surface area contributed by atoms with E-state index in [4.69, 9.17) is 9.72 Å². The molecule has 0 aliphatic carbocycles. The van der Waals surface area contributed by atoms with Gasteiger partial charge in [0.25, 0.3) is 5.56 Å². The first kappa shape index (κ1) is 30.9. The number of aromatic hydroxyl groups is 2. The summed E-state index contributed by atoms with van der Waals surface area (Å²) in [7, 11) is 1.59. The summed E-state index contributed by atoms with van der Waals surface area (Å²) in [5.74, 6) is 2.16. The fourth-order valence-corrected chi connectivity index (χ4v) is 5.85. The standard InChI is InChI=1S/C20H17N3O2.C19H15N3O2/c1-13-8-9-17(24)15(12-13)19-22-18(16-7-3-4-11-23(16)19)14-6-5-10-21-20(14)25-2;1-12-7-8-16(23)14(11-12)18-21-17(13-5-4-9-20-19(13)24)15-6-2-3-10-22(15)18/h3-12,24H,1-2H3;2-11,23H,1H3,(H,20,24). The van der Waals surface area contributed by atoms with Gasteiger partial charge < -0.3 is 19.9 Å². The molecule has 2 aromatic carbocycles. The smallest absolute Gasteiger partial charge is 0.257 e. The van der Waals surface area contributed by atoms with Crippen LogP contribution in [0.1, 0.15) is 11.1 Å². The second-order valence-corrected chi connectivity index (χ2v) is 11.5. The highest BCUT2D eigenvalue weighted by atomic mass is 16.5. The molecule has 242 valence electrons. The minimum Gasteiger partial charge on any atom is -0.507 e. The lowest BCUT2D eigenvalue weighted by molar-refractivity contribution is 0.399. The third-order valence-electron chi connectivity index (χ3n) is 8.18. The number of phenolic OH excluding ortho intramolecular Hbond substituents is 2. The first-order valence-corrected chi connectivity index (χ1v) is 15.6. The number of aryl methyl sites for hydroxylation is 2. The molecule has 0 bridgehead atoms. The van der Waals surface area contributed by atoms with Crippen LogP contribution in [-0.4, -0.2) is 46.1 Å². The van der Waals surface area contributed by atoms with Crippen LogP contribution in [0.15, 0.2) is 127 Å². The fourth-order valence-electron chi connectivity index (χ4n) is 5.85. The van der Waals surface area contributed by atoms with Crippen molar-refractivity contribution in [1.82, 2.24) is 28.7 Å². The number of ether oxygens (including phenoxy) is 1. The molecule has 0 radical (unpaired) electrons. The van der Waals surface area contributed by atoms with Gasteiger partial charge in [-0.15, -0.1) is 0 Å². The third-order valence-corrected chi connectivity index (χ3v) is 8.18. The fraction of sp³-hybridized carbons (Fsp3) is 0.0769. The van der Waals surface area contributed by atoms with Crippen LogP contribution in [0.4, 0.5) is 0 Å². The topological polar surface area (TPSA) is 130 Å². The van der Waals surface area contributed by atoms with Gasteiger partial charge in [0.1, 0.15) is 34.5 Å². The van der Waals surface area contributed by atoms with Crippen LogP contribution in [0, 0.1) is 13.8 Å². The molecular formula is C39H32N6O4. The molecule has 0 fully saturated rings. The first-order valence-electron chi connectivity index (χ1n) is 15.6. The molecular weight excluding hydrogens is 616 g/mol. The molecule has 8 aromatic rings. The summed E-state index contributed by atoms with van der Waals surface area (Å²) in [5.41, 5.74) is 7.61. The van der Waals surface area contributed by atoms with E-state index in [0.717, 1.165) is 33.4 Å². The van der Waals surface area contributed by atoms with Crippen molar-refractivity contribution >= 4 is 11.0 Å². The number of aromatic amines is 1. The highest BCUT2D eigenvalue weighted by molar-refractivity contribution is 5.85. The molecule has 10 nitrogen and oxygen atoms in total. The van der Waals surface area contributed by atoms with Crippen LogP contribution in [0.5, 0.6) is 17.4 Å². The Balaban J connectivity index is 0.000000154. The van der Waals surface area contributed by atoms with Gasteiger partial charge in [0.2, 0.25) is 5.88 Å². The summed E-state index contributed by atoms with van der Waals surface area (Å²) in [6.07, 6.45) is 7.09. The van der Waals surface area contributed by atoms with E-state index in [9.17, 15) is 15.0 Å². The molecule has 6 aromatic heterocycles. The highest BCUT2D eigenvalue weighted by Gasteiger charge is 2.20. The summed E-state index contributed by atoms with van der Waals surface area (Å²) in [6, 6.07) is 29.8. The zero-order valence-corrected chi connectivity index (χ0v) is 27.0. The molecule has 0 atom stereocenters. The minimum atomic E-state index is -0.193. The molecule has 0 amide bonds. The predicted molar refractivity (Wildman–Crippen MR) is 190 cm³/mol. The summed E-state index contributed by atoms with van der Waals surface area (Å²) < 4.78 is 9.25. The molecule has 10 heteroatoms. The van der Waals surface area contributed by atoms with E-state index < -0.39 is 0 Å². The van der Waals surface area contributed by atoms with Gasteiger partial charge in [-0.25, -0.2) is 15.0 Å². The monoisotopic (exact) mass is 648 g/mol. The Kier molecular flexibility index (Phi) is 8.11. The molecule has 6 heterocycles. The zero-order valence-electron chi connectivity index (χ0n) is 27.0. The van der Waals surface area contributed by atoms with E-state index in [2.05, 4.69) is 15.0 Å². The normalized spacial score (nSPS) is 11.0. The molecule has 49 heavy (non-hydrogen) atoms. The van der Waals surface area contributed by atoms with Gasteiger partial charge in [-0.3, -0.25) is 13.6 Å². The maximum Gasteiger partial charge on any atom is 0.257 e. The van der Waals surface area contributed by atoms with Crippen molar-refractivity contribution in [3.8, 4) is 62.7 Å². The predicted octanol–water partition coefficient (Wildman–Crippen LogP) is 7.46. The molecule has 3 N–H and O–H groups in total. The Morgan fingerprint density at radius 1 is 0.653 bits per heavy atom. The molecule has 0 unspecified atom stereocenters. The van der Waals surface area contributed by atoms with Crippen LogP contribution >= 0.6 is 0 Å². The van der Waals surface area contributed by atoms with E-state index in [-0.39, 0.29) is 17.1 Å². The van der Waals surface area contributed by atoms with Crippen molar-refractivity contribution < 1.29 is 14.9 Å². The quantitative estimate of drug-likeness (QED) is 0.177. The van der Waals surface area contributed by atoms with Crippen LogP contribution in [0.25, 0.3) is 56.3 Å². The van der Waals surface area contributed by atoms with Crippen LogP contribution < -0.4 is 10.3 Å². The molecule has 0 aliphatic rings. The molecule has 0 aliphatic heterocycles. The van der Waals surface area contributed by atoms with Crippen LogP contribution in [0.2, 0.25) is 0 Å². The number of rotatable bonds is 5. The van der Waals surface area contributed by atoms with Gasteiger partial charge in [0.15, 0.2) is 0 Å².